The molecule has 2 heterocycles. The molecule has 0 aliphatic heterocycles. The van der Waals surface area contributed by atoms with Crippen LogP contribution in [-0.4, -0.2) is 27.7 Å². The predicted molar refractivity (Wildman–Crippen MR) is 83.8 cm³/mol. The van der Waals surface area contributed by atoms with Crippen LogP contribution in [0.15, 0.2) is 40.2 Å². The Labute approximate surface area is 133 Å². The van der Waals surface area contributed by atoms with Gasteiger partial charge in [-0.2, -0.15) is 4.39 Å². The number of amides is 1. The maximum Gasteiger partial charge on any atom is 0.336 e. The summed E-state index contributed by atoms with van der Waals surface area (Å²) < 4.78 is 18.8. The first-order valence-electron chi connectivity index (χ1n) is 6.93. The summed E-state index contributed by atoms with van der Waals surface area (Å²) in [6, 6.07) is 4.58. The monoisotopic (exact) mass is 332 g/mol. The van der Waals surface area contributed by atoms with Crippen molar-refractivity contribution in [3.63, 3.8) is 0 Å². The van der Waals surface area contributed by atoms with Crippen molar-refractivity contribution in [3.8, 4) is 5.75 Å². The molecule has 0 spiro atoms. The van der Waals surface area contributed by atoms with Gasteiger partial charge in [0.25, 0.3) is 5.56 Å². The van der Waals surface area contributed by atoms with Gasteiger partial charge in [0.05, 0.1) is 13.3 Å². The number of rotatable bonds is 3. The van der Waals surface area contributed by atoms with Crippen LogP contribution in [0.4, 0.5) is 9.18 Å². The van der Waals surface area contributed by atoms with Crippen molar-refractivity contribution in [2.24, 2.45) is 0 Å². The van der Waals surface area contributed by atoms with E-state index in [1.165, 1.54) is 0 Å². The molecule has 0 unspecified atom stereocenters. The number of nitrogens with one attached hydrogen (secondary N) is 3. The molecule has 3 N–H and O–H groups in total. The summed E-state index contributed by atoms with van der Waals surface area (Å²) in [5.74, 6) is -0.560. The molecule has 8 nitrogen and oxygen atoms in total. The van der Waals surface area contributed by atoms with E-state index in [0.29, 0.717) is 16.5 Å². The van der Waals surface area contributed by atoms with E-state index in [0.717, 1.165) is 16.5 Å². The van der Waals surface area contributed by atoms with Gasteiger partial charge in [0.2, 0.25) is 5.82 Å². The summed E-state index contributed by atoms with van der Waals surface area (Å²) >= 11 is 0. The van der Waals surface area contributed by atoms with E-state index in [1.807, 2.05) is 6.07 Å². The Kier molecular flexibility index (Phi) is 3.90. The number of ether oxygens (including phenoxy) is 1. The zero-order chi connectivity index (χ0) is 17.3. The van der Waals surface area contributed by atoms with Crippen molar-refractivity contribution >= 4 is 16.9 Å². The lowest BCUT2D eigenvalue weighted by Crippen LogP contribution is -2.40. The van der Waals surface area contributed by atoms with Gasteiger partial charge in [-0.05, 0) is 23.8 Å². The molecule has 0 bridgehead atoms. The Bertz CT molecular complexity index is 1030. The van der Waals surface area contributed by atoms with Gasteiger partial charge in [-0.1, -0.05) is 0 Å². The second-order valence-electron chi connectivity index (χ2n) is 4.99. The van der Waals surface area contributed by atoms with Crippen LogP contribution >= 0.6 is 0 Å². The molecular formula is C15H13FN4O4. The van der Waals surface area contributed by atoms with Crippen LogP contribution in [0.3, 0.4) is 0 Å². The topological polar surface area (TPSA) is 109 Å². The van der Waals surface area contributed by atoms with Crippen LogP contribution in [0.25, 0.3) is 10.9 Å². The number of carbonyl (C=O) groups is 1. The van der Waals surface area contributed by atoms with E-state index in [2.05, 4.69) is 10.3 Å². The van der Waals surface area contributed by atoms with E-state index in [4.69, 9.17) is 4.74 Å². The Morgan fingerprint density at radius 2 is 2.17 bits per heavy atom. The van der Waals surface area contributed by atoms with E-state index in [9.17, 15) is 18.8 Å². The number of hydrogen-bond donors (Lipinski definition) is 3. The van der Waals surface area contributed by atoms with Gasteiger partial charge < -0.3 is 15.0 Å². The third kappa shape index (κ3) is 2.78. The summed E-state index contributed by atoms with van der Waals surface area (Å²) in [6.07, 6.45) is 2.26. The summed E-state index contributed by atoms with van der Waals surface area (Å²) in [4.78, 5) is 39.3. The largest absolute Gasteiger partial charge is 0.497 e. The smallest absolute Gasteiger partial charge is 0.336 e. The quantitative estimate of drug-likeness (QED) is 0.662. The summed E-state index contributed by atoms with van der Waals surface area (Å²) in [6.45, 7) is 0.0964. The van der Waals surface area contributed by atoms with Gasteiger partial charge in [-0.3, -0.25) is 9.78 Å². The van der Waals surface area contributed by atoms with Crippen molar-refractivity contribution in [1.29, 1.82) is 0 Å². The summed E-state index contributed by atoms with van der Waals surface area (Å²) in [5.41, 5.74) is -0.574. The number of hydrogen-bond acceptors (Lipinski definition) is 4. The molecule has 1 aromatic carbocycles. The molecule has 3 rings (SSSR count). The highest BCUT2D eigenvalue weighted by atomic mass is 19.1. The fraction of sp³-hybridized carbons (Fsp3) is 0.133. The highest BCUT2D eigenvalue weighted by Crippen LogP contribution is 2.23. The van der Waals surface area contributed by atoms with Crippen LogP contribution < -0.4 is 21.3 Å². The molecule has 0 fully saturated rings. The van der Waals surface area contributed by atoms with E-state index < -0.39 is 23.1 Å². The predicted octanol–water partition coefficient (Wildman–Crippen LogP) is 0.923. The van der Waals surface area contributed by atoms with E-state index in [1.54, 1.807) is 30.4 Å². The van der Waals surface area contributed by atoms with Crippen molar-refractivity contribution in [1.82, 2.24) is 19.9 Å². The van der Waals surface area contributed by atoms with E-state index in [-0.39, 0.29) is 6.54 Å². The Morgan fingerprint density at radius 3 is 2.92 bits per heavy atom. The molecule has 0 aliphatic rings. The lowest BCUT2D eigenvalue weighted by molar-refractivity contribution is 0.240. The Balaban J connectivity index is 1.83. The Morgan fingerprint density at radius 1 is 1.38 bits per heavy atom. The summed E-state index contributed by atoms with van der Waals surface area (Å²) in [5, 5.41) is 3.34. The lowest BCUT2D eigenvalue weighted by Gasteiger charge is -2.06. The molecule has 24 heavy (non-hydrogen) atoms. The number of methoxy groups -OCH3 is 1. The Hall–Kier alpha value is -3.36. The minimum Gasteiger partial charge on any atom is -0.497 e. The number of aromatic nitrogens is 3. The number of benzene rings is 1. The fourth-order valence-corrected chi connectivity index (χ4v) is 2.29. The standard InChI is InChI=1S/C15H13FN4O4/c1-24-9-2-3-12-10(4-9)8(5-17-12)6-18-14(22)20-7-11(16)13(21)19-15(20)23/h2-5,7,17H,6H2,1H3,(H,18,22)(H,19,21,23). The minimum absolute atomic E-state index is 0.0964. The van der Waals surface area contributed by atoms with E-state index >= 15 is 0 Å². The van der Waals surface area contributed by atoms with Crippen molar-refractivity contribution in [2.45, 2.75) is 6.54 Å². The molecule has 9 heteroatoms. The lowest BCUT2D eigenvalue weighted by atomic mass is 10.1. The SMILES string of the molecule is COc1ccc2[nH]cc(CNC(=O)n3cc(F)c(=O)[nH]c3=O)c2c1. The second-order valence-corrected chi connectivity index (χ2v) is 4.99. The number of H-pyrrole nitrogens is 2. The summed E-state index contributed by atoms with van der Waals surface area (Å²) in [7, 11) is 1.55. The highest BCUT2D eigenvalue weighted by Gasteiger charge is 2.12. The number of halogens is 1. The van der Waals surface area contributed by atoms with Crippen molar-refractivity contribution in [2.75, 3.05) is 7.11 Å². The van der Waals surface area contributed by atoms with Gasteiger partial charge in [0.15, 0.2) is 0 Å². The van der Waals surface area contributed by atoms with Gasteiger partial charge in [-0.25, -0.2) is 14.2 Å². The molecule has 1 amide bonds. The van der Waals surface area contributed by atoms with Crippen LogP contribution in [0.5, 0.6) is 5.75 Å². The number of aromatic amines is 2. The first kappa shape index (κ1) is 15.5. The maximum absolute atomic E-state index is 13.2. The fourth-order valence-electron chi connectivity index (χ4n) is 2.29. The highest BCUT2D eigenvalue weighted by molar-refractivity contribution is 5.85. The zero-order valence-corrected chi connectivity index (χ0v) is 12.6. The van der Waals surface area contributed by atoms with Gasteiger partial charge in [0.1, 0.15) is 5.75 Å². The average molecular weight is 332 g/mol. The van der Waals surface area contributed by atoms with Crippen LogP contribution in [0.2, 0.25) is 0 Å². The second kappa shape index (κ2) is 6.03. The molecule has 3 aromatic rings. The molecule has 0 atom stereocenters. The number of nitrogens with zero attached hydrogens (tertiary/aromatic N) is 1. The minimum atomic E-state index is -1.22. The third-order valence-corrected chi connectivity index (χ3v) is 3.52. The first-order valence-corrected chi connectivity index (χ1v) is 6.93. The first-order chi connectivity index (χ1) is 11.5. The van der Waals surface area contributed by atoms with Crippen LogP contribution in [0.1, 0.15) is 5.56 Å². The van der Waals surface area contributed by atoms with Crippen LogP contribution in [-0.2, 0) is 6.54 Å². The molecule has 0 radical (unpaired) electrons. The van der Waals surface area contributed by atoms with Gasteiger partial charge >= 0.3 is 11.7 Å². The average Bonchev–Trinajstić information content (AvgIpc) is 2.98. The molecule has 0 saturated carbocycles. The number of carbonyl (C=O) groups excluding carboxylic acids is 1. The molecule has 2 aromatic heterocycles. The number of fused-ring (bicyclic) bond motifs is 1. The third-order valence-electron chi connectivity index (χ3n) is 3.52. The molecule has 0 aliphatic carbocycles. The van der Waals surface area contributed by atoms with Crippen molar-refractivity contribution < 1.29 is 13.9 Å². The van der Waals surface area contributed by atoms with Gasteiger partial charge in [0, 0.05) is 23.6 Å². The maximum atomic E-state index is 13.2. The molecule has 0 saturated heterocycles. The van der Waals surface area contributed by atoms with Gasteiger partial charge in [-0.15, -0.1) is 0 Å². The zero-order valence-electron chi connectivity index (χ0n) is 12.6. The molecular weight excluding hydrogens is 319 g/mol. The van der Waals surface area contributed by atoms with Crippen LogP contribution in [0, 0.1) is 5.82 Å². The normalized spacial score (nSPS) is 10.8. The molecule has 124 valence electrons. The van der Waals surface area contributed by atoms with Crippen molar-refractivity contribution in [3.05, 3.63) is 62.8 Å².